The van der Waals surface area contributed by atoms with Crippen LogP contribution >= 0.6 is 35.4 Å². The second-order valence-electron chi connectivity index (χ2n) is 10.5. The van der Waals surface area contributed by atoms with Gasteiger partial charge in [-0.05, 0) is 66.7 Å². The van der Waals surface area contributed by atoms with Gasteiger partial charge in [-0.25, -0.2) is 0 Å². The number of thiocarbonyl (C=S) groups is 1. The van der Waals surface area contributed by atoms with E-state index in [2.05, 4.69) is 74.3 Å². The summed E-state index contributed by atoms with van der Waals surface area (Å²) in [6.07, 6.45) is 9.87. The standard InChI is InChI=1S/C28H33Cl2N3S/c1-19-10-6-7-11-23(19)33-26(34)32-25(28(33)16-8-5-9-17-28)31-24(27(2,3)4)15-13-20-12-14-21(29)18-22(20)30/h6-7,10-15,18,24H,5,8-9,16-17H2,1-4H3,(H,31,32,34)/b15-13+/t24-/m1/s1. The van der Waals surface area contributed by atoms with Crippen molar-refractivity contribution in [1.29, 1.82) is 0 Å². The van der Waals surface area contributed by atoms with Crippen molar-refractivity contribution in [3.8, 4) is 0 Å². The molecule has 2 aromatic carbocycles. The van der Waals surface area contributed by atoms with Crippen molar-refractivity contribution in [3.05, 3.63) is 69.7 Å². The molecule has 6 heteroatoms. The van der Waals surface area contributed by atoms with Crippen LogP contribution in [0.2, 0.25) is 10.0 Å². The van der Waals surface area contributed by atoms with E-state index in [0.717, 1.165) is 29.4 Å². The first-order chi connectivity index (χ1) is 16.1. The number of benzene rings is 2. The highest BCUT2D eigenvalue weighted by molar-refractivity contribution is 7.80. The number of hydrogen-bond acceptors (Lipinski definition) is 2. The van der Waals surface area contributed by atoms with Gasteiger partial charge in [0, 0.05) is 15.7 Å². The molecule has 2 fully saturated rings. The van der Waals surface area contributed by atoms with Gasteiger partial charge in [0.15, 0.2) is 5.11 Å². The molecule has 1 N–H and O–H groups in total. The number of amidine groups is 1. The normalized spacial score (nSPS) is 20.4. The number of rotatable bonds is 4. The number of aryl methyl sites for hydroxylation is 1. The van der Waals surface area contributed by atoms with Crippen LogP contribution in [-0.2, 0) is 0 Å². The van der Waals surface area contributed by atoms with E-state index in [0.29, 0.717) is 10.0 Å². The minimum atomic E-state index is -0.225. The Morgan fingerprint density at radius 3 is 2.44 bits per heavy atom. The summed E-state index contributed by atoms with van der Waals surface area (Å²) in [7, 11) is 0. The fourth-order valence-electron chi connectivity index (χ4n) is 4.97. The summed E-state index contributed by atoms with van der Waals surface area (Å²) in [5.41, 5.74) is 3.02. The lowest BCUT2D eigenvalue weighted by molar-refractivity contribution is 0.357. The number of para-hydroxylation sites is 1. The van der Waals surface area contributed by atoms with Crippen LogP contribution in [0.1, 0.15) is 64.0 Å². The maximum absolute atomic E-state index is 6.43. The molecule has 0 radical (unpaired) electrons. The van der Waals surface area contributed by atoms with Crippen molar-refractivity contribution < 1.29 is 0 Å². The molecule has 3 nitrogen and oxygen atoms in total. The molecule has 0 bridgehead atoms. The van der Waals surface area contributed by atoms with Crippen LogP contribution in [0.3, 0.4) is 0 Å². The van der Waals surface area contributed by atoms with Crippen molar-refractivity contribution in [2.75, 3.05) is 4.90 Å². The SMILES string of the molecule is Cc1ccccc1N1C(=S)NC(=N[C@H](/C=C/c2ccc(Cl)cc2Cl)C(C)(C)C)C12CCCCC2. The quantitative estimate of drug-likeness (QED) is 0.417. The van der Waals surface area contributed by atoms with Crippen molar-refractivity contribution in [1.82, 2.24) is 5.32 Å². The third kappa shape index (κ3) is 5.05. The second-order valence-corrected chi connectivity index (χ2v) is 11.7. The average Bonchev–Trinajstić information content (AvgIpc) is 3.02. The molecule has 0 aromatic heterocycles. The molecule has 4 rings (SSSR count). The van der Waals surface area contributed by atoms with Crippen molar-refractivity contribution >= 4 is 58.1 Å². The minimum Gasteiger partial charge on any atom is -0.319 e. The number of aliphatic imine (C=N–C) groups is 1. The zero-order valence-electron chi connectivity index (χ0n) is 20.4. The Balaban J connectivity index is 1.76. The van der Waals surface area contributed by atoms with Gasteiger partial charge in [0.05, 0.1) is 6.04 Å². The molecule has 1 aliphatic carbocycles. The fraction of sp³-hybridized carbons (Fsp3) is 0.429. The fourth-order valence-corrected chi connectivity index (χ4v) is 5.81. The molecule has 1 heterocycles. The van der Waals surface area contributed by atoms with E-state index < -0.39 is 0 Å². The first-order valence-electron chi connectivity index (χ1n) is 12.0. The molecular weight excluding hydrogens is 481 g/mol. The van der Waals surface area contributed by atoms with E-state index >= 15 is 0 Å². The van der Waals surface area contributed by atoms with E-state index in [1.54, 1.807) is 6.07 Å². The van der Waals surface area contributed by atoms with Crippen LogP contribution in [0, 0.1) is 12.3 Å². The summed E-state index contributed by atoms with van der Waals surface area (Å²) in [5.74, 6) is 0.993. The summed E-state index contributed by atoms with van der Waals surface area (Å²) in [4.78, 5) is 7.70. The van der Waals surface area contributed by atoms with E-state index in [1.807, 2.05) is 12.1 Å². The summed E-state index contributed by atoms with van der Waals surface area (Å²) in [5, 5.41) is 5.55. The lowest BCUT2D eigenvalue weighted by atomic mass is 9.79. The average molecular weight is 515 g/mol. The van der Waals surface area contributed by atoms with E-state index in [9.17, 15) is 0 Å². The Morgan fingerprint density at radius 2 is 1.79 bits per heavy atom. The zero-order chi connectivity index (χ0) is 24.5. The highest BCUT2D eigenvalue weighted by Crippen LogP contribution is 2.42. The smallest absolute Gasteiger partial charge is 0.179 e. The maximum atomic E-state index is 6.43. The first-order valence-corrected chi connectivity index (χ1v) is 13.2. The van der Waals surface area contributed by atoms with E-state index in [-0.39, 0.29) is 17.0 Å². The van der Waals surface area contributed by atoms with Gasteiger partial charge in [0.1, 0.15) is 11.4 Å². The number of hydrogen-bond donors (Lipinski definition) is 1. The number of nitrogens with one attached hydrogen (secondary N) is 1. The minimum absolute atomic E-state index is 0.0554. The van der Waals surface area contributed by atoms with Crippen LogP contribution < -0.4 is 10.2 Å². The summed E-state index contributed by atoms with van der Waals surface area (Å²) in [6.45, 7) is 8.81. The molecule has 1 saturated carbocycles. The second kappa shape index (κ2) is 10.0. The van der Waals surface area contributed by atoms with Crippen LogP contribution in [0.4, 0.5) is 5.69 Å². The molecule has 1 spiro atoms. The summed E-state index contributed by atoms with van der Waals surface area (Å²) in [6, 6.07) is 14.0. The van der Waals surface area contributed by atoms with Crippen LogP contribution in [0.5, 0.6) is 0 Å². The van der Waals surface area contributed by atoms with Gasteiger partial charge in [-0.2, -0.15) is 0 Å². The molecule has 1 saturated heterocycles. The summed E-state index contributed by atoms with van der Waals surface area (Å²) < 4.78 is 0. The van der Waals surface area contributed by atoms with Gasteiger partial charge in [0.25, 0.3) is 0 Å². The molecule has 1 atom stereocenters. The largest absolute Gasteiger partial charge is 0.319 e. The highest BCUT2D eigenvalue weighted by atomic mass is 35.5. The van der Waals surface area contributed by atoms with E-state index in [4.69, 9.17) is 40.4 Å². The molecule has 2 aliphatic rings. The Bertz CT molecular complexity index is 1130. The van der Waals surface area contributed by atoms with Crippen molar-refractivity contribution in [2.45, 2.75) is 71.4 Å². The molecule has 2 aromatic rings. The van der Waals surface area contributed by atoms with Crippen LogP contribution in [0.15, 0.2) is 53.5 Å². The molecule has 180 valence electrons. The highest BCUT2D eigenvalue weighted by Gasteiger charge is 2.50. The van der Waals surface area contributed by atoms with Gasteiger partial charge in [0.2, 0.25) is 0 Å². The predicted molar refractivity (Wildman–Crippen MR) is 151 cm³/mol. The molecular formula is C28H33Cl2N3S. The topological polar surface area (TPSA) is 27.6 Å². The number of anilines is 1. The van der Waals surface area contributed by atoms with Crippen molar-refractivity contribution in [3.63, 3.8) is 0 Å². The number of nitrogens with zero attached hydrogens (tertiary/aromatic N) is 2. The Morgan fingerprint density at radius 1 is 1.09 bits per heavy atom. The van der Waals surface area contributed by atoms with Crippen LogP contribution in [-0.4, -0.2) is 22.5 Å². The lowest BCUT2D eigenvalue weighted by Crippen LogP contribution is -2.52. The van der Waals surface area contributed by atoms with Crippen LogP contribution in [0.25, 0.3) is 6.08 Å². The molecule has 34 heavy (non-hydrogen) atoms. The number of halogens is 2. The third-order valence-corrected chi connectivity index (χ3v) is 7.76. The molecule has 0 unspecified atom stereocenters. The Kier molecular flexibility index (Phi) is 7.42. The van der Waals surface area contributed by atoms with E-state index in [1.165, 1.54) is 30.5 Å². The Hall–Kier alpha value is -1.88. The monoisotopic (exact) mass is 513 g/mol. The summed E-state index contributed by atoms with van der Waals surface area (Å²) >= 11 is 18.4. The predicted octanol–water partition coefficient (Wildman–Crippen LogP) is 8.23. The lowest BCUT2D eigenvalue weighted by Gasteiger charge is -2.42. The van der Waals surface area contributed by atoms with Gasteiger partial charge >= 0.3 is 0 Å². The maximum Gasteiger partial charge on any atom is 0.179 e. The molecule has 0 amide bonds. The van der Waals surface area contributed by atoms with Gasteiger partial charge < -0.3 is 10.2 Å². The van der Waals surface area contributed by atoms with Gasteiger partial charge in [-0.1, -0.05) is 99.7 Å². The van der Waals surface area contributed by atoms with Gasteiger partial charge in [-0.15, -0.1) is 0 Å². The first kappa shape index (κ1) is 25.2. The Labute approximate surface area is 219 Å². The van der Waals surface area contributed by atoms with Crippen molar-refractivity contribution in [2.24, 2.45) is 10.4 Å². The molecule has 1 aliphatic heterocycles. The third-order valence-electron chi connectivity index (χ3n) is 6.91. The van der Waals surface area contributed by atoms with Gasteiger partial charge in [-0.3, -0.25) is 4.99 Å². The zero-order valence-corrected chi connectivity index (χ0v) is 22.7.